The van der Waals surface area contributed by atoms with Crippen molar-refractivity contribution in [3.05, 3.63) is 16.0 Å². The molecule has 6 nitrogen and oxygen atoms in total. The fraction of sp³-hybridized carbons (Fsp3) is 0.667. The van der Waals surface area contributed by atoms with Crippen LogP contribution in [0, 0.1) is 11.8 Å². The quantitative estimate of drug-likeness (QED) is 0.516. The van der Waals surface area contributed by atoms with E-state index in [-0.39, 0.29) is 11.9 Å². The Morgan fingerprint density at radius 3 is 2.54 bits per heavy atom. The van der Waals surface area contributed by atoms with Gasteiger partial charge in [0, 0.05) is 4.88 Å². The Kier molecular flexibility index (Phi) is 7.10. The van der Waals surface area contributed by atoms with Gasteiger partial charge in [-0.05, 0) is 50.5 Å². The zero-order valence-electron chi connectivity index (χ0n) is 16.4. The summed E-state index contributed by atoms with van der Waals surface area (Å²) in [5.41, 5.74) is 1.50. The molecule has 0 radical (unpaired) electrons. The Morgan fingerprint density at radius 2 is 1.82 bits per heavy atom. The molecule has 7 heteroatoms. The third kappa shape index (κ3) is 4.57. The standard InChI is InChI=1S/C21H29NO5S/c1-2-3-12-27-21(26)17-15-10-6-7-11-16(15)28-19(17)22-18(23)13-8-4-5-9-14(13)20(24)25/h13-14H,2-12H2,1H3,(H,22,23)(H,24,25)/t13-,14+/m1/s1. The molecule has 0 saturated heterocycles. The highest BCUT2D eigenvalue weighted by molar-refractivity contribution is 7.17. The number of nitrogens with one attached hydrogen (secondary N) is 1. The number of unbranched alkanes of at least 4 members (excludes halogenated alkanes) is 1. The van der Waals surface area contributed by atoms with Gasteiger partial charge < -0.3 is 15.2 Å². The lowest BCUT2D eigenvalue weighted by Crippen LogP contribution is -2.36. The fourth-order valence-electron chi connectivity index (χ4n) is 4.20. The second-order valence-electron chi connectivity index (χ2n) is 7.73. The van der Waals surface area contributed by atoms with E-state index in [9.17, 15) is 19.5 Å². The molecule has 1 amide bonds. The van der Waals surface area contributed by atoms with E-state index < -0.39 is 17.8 Å². The summed E-state index contributed by atoms with van der Waals surface area (Å²) in [5.74, 6) is -2.77. The third-order valence-corrected chi connectivity index (χ3v) is 6.97. The van der Waals surface area contributed by atoms with Crippen molar-refractivity contribution in [2.24, 2.45) is 11.8 Å². The van der Waals surface area contributed by atoms with E-state index >= 15 is 0 Å². The molecule has 1 heterocycles. The number of carbonyl (C=O) groups is 3. The highest BCUT2D eigenvalue weighted by atomic mass is 32.1. The third-order valence-electron chi connectivity index (χ3n) is 5.76. The maximum absolute atomic E-state index is 12.9. The second-order valence-corrected chi connectivity index (χ2v) is 8.83. The molecule has 0 aliphatic heterocycles. The lowest BCUT2D eigenvalue weighted by atomic mass is 9.78. The molecule has 0 bridgehead atoms. The van der Waals surface area contributed by atoms with Gasteiger partial charge in [-0.1, -0.05) is 26.2 Å². The van der Waals surface area contributed by atoms with Crippen LogP contribution in [0.25, 0.3) is 0 Å². The smallest absolute Gasteiger partial charge is 0.341 e. The molecule has 2 atom stereocenters. The van der Waals surface area contributed by atoms with Gasteiger partial charge in [0.25, 0.3) is 0 Å². The van der Waals surface area contributed by atoms with Crippen molar-refractivity contribution >= 4 is 34.2 Å². The van der Waals surface area contributed by atoms with Gasteiger partial charge in [0.05, 0.1) is 24.0 Å². The summed E-state index contributed by atoms with van der Waals surface area (Å²) < 4.78 is 5.44. The van der Waals surface area contributed by atoms with Crippen LogP contribution in [-0.2, 0) is 27.2 Å². The van der Waals surface area contributed by atoms with Crippen molar-refractivity contribution in [1.82, 2.24) is 0 Å². The topological polar surface area (TPSA) is 92.7 Å². The van der Waals surface area contributed by atoms with Gasteiger partial charge in [0.1, 0.15) is 5.00 Å². The minimum absolute atomic E-state index is 0.284. The highest BCUT2D eigenvalue weighted by Crippen LogP contribution is 2.40. The second kappa shape index (κ2) is 9.54. The number of amides is 1. The van der Waals surface area contributed by atoms with Crippen molar-refractivity contribution in [2.75, 3.05) is 11.9 Å². The van der Waals surface area contributed by atoms with E-state index in [1.807, 2.05) is 6.92 Å². The van der Waals surface area contributed by atoms with Crippen LogP contribution in [0.4, 0.5) is 5.00 Å². The Balaban J connectivity index is 1.82. The van der Waals surface area contributed by atoms with Crippen LogP contribution < -0.4 is 5.32 Å². The Labute approximate surface area is 169 Å². The minimum atomic E-state index is -0.912. The average Bonchev–Trinajstić information content (AvgIpc) is 3.05. The van der Waals surface area contributed by atoms with E-state index in [2.05, 4.69) is 5.32 Å². The fourth-order valence-corrected chi connectivity index (χ4v) is 5.48. The number of ether oxygens (including phenoxy) is 1. The van der Waals surface area contributed by atoms with E-state index in [1.165, 1.54) is 11.3 Å². The normalized spacial score (nSPS) is 21.6. The lowest BCUT2D eigenvalue weighted by molar-refractivity contribution is -0.147. The van der Waals surface area contributed by atoms with Crippen LogP contribution >= 0.6 is 11.3 Å². The zero-order valence-corrected chi connectivity index (χ0v) is 17.2. The highest BCUT2D eigenvalue weighted by Gasteiger charge is 2.37. The van der Waals surface area contributed by atoms with Crippen molar-refractivity contribution < 1.29 is 24.2 Å². The number of hydrogen-bond acceptors (Lipinski definition) is 5. The van der Waals surface area contributed by atoms with Gasteiger partial charge in [-0.15, -0.1) is 11.3 Å². The summed E-state index contributed by atoms with van der Waals surface area (Å²) in [6.07, 6.45) is 8.37. The number of carboxylic acids is 1. The Morgan fingerprint density at radius 1 is 1.11 bits per heavy atom. The lowest BCUT2D eigenvalue weighted by Gasteiger charge is -2.27. The molecule has 0 aromatic carbocycles. The molecular formula is C21H29NO5S. The van der Waals surface area contributed by atoms with Crippen LogP contribution in [0.15, 0.2) is 0 Å². The van der Waals surface area contributed by atoms with E-state index in [1.54, 1.807) is 0 Å². The molecule has 2 aliphatic carbocycles. The molecule has 28 heavy (non-hydrogen) atoms. The Bertz CT molecular complexity index is 741. The molecule has 0 spiro atoms. The number of aliphatic carboxylic acids is 1. The first kappa shape index (κ1) is 20.8. The van der Waals surface area contributed by atoms with Gasteiger partial charge >= 0.3 is 11.9 Å². The predicted octanol–water partition coefficient (Wildman–Crippen LogP) is 4.41. The summed E-state index contributed by atoms with van der Waals surface area (Å²) >= 11 is 1.45. The first-order valence-electron chi connectivity index (χ1n) is 10.4. The van der Waals surface area contributed by atoms with Gasteiger partial charge in [-0.3, -0.25) is 9.59 Å². The summed E-state index contributed by atoms with van der Waals surface area (Å²) in [6, 6.07) is 0. The van der Waals surface area contributed by atoms with E-state index in [4.69, 9.17) is 4.74 Å². The molecule has 1 aromatic heterocycles. The molecule has 3 rings (SSSR count). The number of rotatable bonds is 7. The number of hydrogen-bond donors (Lipinski definition) is 2. The molecule has 1 saturated carbocycles. The maximum Gasteiger partial charge on any atom is 0.341 e. The predicted molar refractivity (Wildman–Crippen MR) is 108 cm³/mol. The summed E-state index contributed by atoms with van der Waals surface area (Å²) in [6.45, 7) is 2.41. The maximum atomic E-state index is 12.9. The first-order valence-corrected chi connectivity index (χ1v) is 11.2. The number of esters is 1. The van der Waals surface area contributed by atoms with Gasteiger partial charge in [-0.2, -0.15) is 0 Å². The number of fused-ring (bicyclic) bond motifs is 1. The van der Waals surface area contributed by atoms with Crippen molar-refractivity contribution in [1.29, 1.82) is 0 Å². The summed E-state index contributed by atoms with van der Waals surface area (Å²) in [5, 5.41) is 12.9. The number of aryl methyl sites for hydroxylation is 1. The largest absolute Gasteiger partial charge is 0.481 e. The zero-order chi connectivity index (χ0) is 20.1. The molecule has 1 fully saturated rings. The number of anilines is 1. The first-order chi connectivity index (χ1) is 13.5. The minimum Gasteiger partial charge on any atom is -0.481 e. The summed E-state index contributed by atoms with van der Waals surface area (Å²) in [7, 11) is 0. The van der Waals surface area contributed by atoms with Crippen LogP contribution in [-0.4, -0.2) is 29.6 Å². The van der Waals surface area contributed by atoms with E-state index in [0.29, 0.717) is 30.0 Å². The average molecular weight is 408 g/mol. The molecule has 2 aliphatic rings. The van der Waals surface area contributed by atoms with Crippen molar-refractivity contribution in [3.63, 3.8) is 0 Å². The van der Waals surface area contributed by atoms with Crippen LogP contribution in [0.5, 0.6) is 0 Å². The molecular weight excluding hydrogens is 378 g/mol. The van der Waals surface area contributed by atoms with Gasteiger partial charge in [-0.25, -0.2) is 4.79 Å². The van der Waals surface area contributed by atoms with Crippen LogP contribution in [0.3, 0.4) is 0 Å². The monoisotopic (exact) mass is 407 g/mol. The number of carbonyl (C=O) groups excluding carboxylic acids is 2. The molecule has 154 valence electrons. The Hall–Kier alpha value is -1.89. The molecule has 0 unspecified atom stereocenters. The van der Waals surface area contributed by atoms with Crippen LogP contribution in [0.2, 0.25) is 0 Å². The van der Waals surface area contributed by atoms with Gasteiger partial charge in [0.15, 0.2) is 0 Å². The van der Waals surface area contributed by atoms with Crippen molar-refractivity contribution in [2.45, 2.75) is 71.1 Å². The van der Waals surface area contributed by atoms with Crippen molar-refractivity contribution in [3.8, 4) is 0 Å². The van der Waals surface area contributed by atoms with Gasteiger partial charge in [0.2, 0.25) is 5.91 Å². The molecule has 2 N–H and O–H groups in total. The van der Waals surface area contributed by atoms with E-state index in [0.717, 1.165) is 61.8 Å². The number of thiophene rings is 1. The van der Waals surface area contributed by atoms with Crippen LogP contribution in [0.1, 0.15) is 79.1 Å². The number of carboxylic acid groups (broad SMARTS) is 1. The summed E-state index contributed by atoms with van der Waals surface area (Å²) in [4.78, 5) is 38.3. The SMILES string of the molecule is CCCCOC(=O)c1c(NC(=O)[C@@H]2CCCC[C@@H]2C(=O)O)sc2c1CCCC2. The molecule has 1 aromatic rings.